The molecule has 0 bridgehead atoms. The van der Waals surface area contributed by atoms with Crippen molar-refractivity contribution in [2.45, 2.75) is 64.3 Å². The van der Waals surface area contributed by atoms with Crippen LogP contribution in [0.1, 0.15) is 46.0 Å². The molecule has 1 aliphatic rings. The zero-order valence-corrected chi connectivity index (χ0v) is 11.2. The number of hydrogen-bond donors (Lipinski definition) is 1. The highest BCUT2D eigenvalue weighted by atomic mass is 16.7. The topological polar surface area (TPSA) is 30.5 Å². The predicted molar refractivity (Wildman–Crippen MR) is 66.4 cm³/mol. The van der Waals surface area contributed by atoms with Crippen LogP contribution in [-0.2, 0) is 9.47 Å². The molecule has 0 saturated heterocycles. The van der Waals surface area contributed by atoms with Crippen molar-refractivity contribution in [2.75, 3.05) is 14.2 Å². The molecule has 3 heteroatoms. The third-order valence-corrected chi connectivity index (χ3v) is 3.76. The maximum Gasteiger partial charge on any atom is 0.171 e. The van der Waals surface area contributed by atoms with Crippen molar-refractivity contribution in [1.29, 1.82) is 0 Å². The standard InChI is InChI=1S/C13H27NO2/c1-10(12-8-6-5-7-9-12)14-11(2)13(15-3)16-4/h10-14H,5-9H2,1-4H3. The van der Waals surface area contributed by atoms with Gasteiger partial charge in [0.25, 0.3) is 0 Å². The molecule has 1 aliphatic carbocycles. The van der Waals surface area contributed by atoms with E-state index in [0.29, 0.717) is 6.04 Å². The first-order valence-corrected chi connectivity index (χ1v) is 6.50. The lowest BCUT2D eigenvalue weighted by molar-refractivity contribution is -0.121. The molecule has 0 aromatic heterocycles. The summed E-state index contributed by atoms with van der Waals surface area (Å²) in [6, 6.07) is 0.801. The SMILES string of the molecule is COC(OC)C(C)NC(C)C1CCCCC1. The molecule has 0 radical (unpaired) electrons. The highest BCUT2D eigenvalue weighted by Crippen LogP contribution is 2.26. The van der Waals surface area contributed by atoms with E-state index in [0.717, 1.165) is 5.92 Å². The molecule has 0 spiro atoms. The number of methoxy groups -OCH3 is 2. The third kappa shape index (κ3) is 4.04. The maximum atomic E-state index is 5.26. The summed E-state index contributed by atoms with van der Waals surface area (Å²) in [6.45, 7) is 4.41. The highest BCUT2D eigenvalue weighted by molar-refractivity contribution is 4.79. The van der Waals surface area contributed by atoms with Crippen molar-refractivity contribution in [3.8, 4) is 0 Å². The minimum absolute atomic E-state index is 0.147. The van der Waals surface area contributed by atoms with Crippen LogP contribution in [0.2, 0.25) is 0 Å². The molecule has 2 atom stereocenters. The average molecular weight is 229 g/mol. The third-order valence-electron chi connectivity index (χ3n) is 3.76. The van der Waals surface area contributed by atoms with Gasteiger partial charge in [0, 0.05) is 20.3 Å². The molecule has 0 aromatic rings. The molecule has 1 saturated carbocycles. The van der Waals surface area contributed by atoms with Crippen molar-refractivity contribution < 1.29 is 9.47 Å². The van der Waals surface area contributed by atoms with Crippen molar-refractivity contribution >= 4 is 0 Å². The van der Waals surface area contributed by atoms with Crippen molar-refractivity contribution in [3.05, 3.63) is 0 Å². The summed E-state index contributed by atoms with van der Waals surface area (Å²) in [5.41, 5.74) is 0. The summed E-state index contributed by atoms with van der Waals surface area (Å²) in [6.07, 6.45) is 6.78. The molecule has 1 rings (SSSR count). The van der Waals surface area contributed by atoms with E-state index in [1.807, 2.05) is 0 Å². The summed E-state index contributed by atoms with van der Waals surface area (Å²) in [5, 5.41) is 3.60. The summed E-state index contributed by atoms with van der Waals surface area (Å²) in [4.78, 5) is 0. The Morgan fingerprint density at radius 1 is 1.00 bits per heavy atom. The van der Waals surface area contributed by atoms with E-state index in [1.54, 1.807) is 14.2 Å². The van der Waals surface area contributed by atoms with Crippen molar-refractivity contribution in [1.82, 2.24) is 5.32 Å². The molecular formula is C13H27NO2. The molecular weight excluding hydrogens is 202 g/mol. The zero-order valence-electron chi connectivity index (χ0n) is 11.2. The first kappa shape index (κ1) is 13.9. The Labute approximate surface area is 99.9 Å². The van der Waals surface area contributed by atoms with Gasteiger partial charge < -0.3 is 14.8 Å². The van der Waals surface area contributed by atoms with Gasteiger partial charge in [-0.1, -0.05) is 19.3 Å². The van der Waals surface area contributed by atoms with Crippen LogP contribution in [0.15, 0.2) is 0 Å². The largest absolute Gasteiger partial charge is 0.354 e. The molecule has 1 N–H and O–H groups in total. The first-order chi connectivity index (χ1) is 7.69. The Morgan fingerprint density at radius 2 is 1.56 bits per heavy atom. The first-order valence-electron chi connectivity index (χ1n) is 6.50. The van der Waals surface area contributed by atoms with Gasteiger partial charge in [0.1, 0.15) is 0 Å². The second-order valence-corrected chi connectivity index (χ2v) is 4.98. The summed E-state index contributed by atoms with van der Waals surface area (Å²) >= 11 is 0. The molecule has 0 aliphatic heterocycles. The van der Waals surface area contributed by atoms with Crippen LogP contribution in [-0.4, -0.2) is 32.6 Å². The van der Waals surface area contributed by atoms with Crippen molar-refractivity contribution in [2.24, 2.45) is 5.92 Å². The van der Waals surface area contributed by atoms with E-state index in [-0.39, 0.29) is 12.3 Å². The minimum Gasteiger partial charge on any atom is -0.354 e. The fraction of sp³-hybridized carbons (Fsp3) is 1.00. The Bertz CT molecular complexity index is 177. The van der Waals surface area contributed by atoms with Gasteiger partial charge in [-0.15, -0.1) is 0 Å². The quantitative estimate of drug-likeness (QED) is 0.710. The molecule has 3 nitrogen and oxygen atoms in total. The van der Waals surface area contributed by atoms with Gasteiger partial charge >= 0.3 is 0 Å². The van der Waals surface area contributed by atoms with Gasteiger partial charge in [0.15, 0.2) is 6.29 Å². The normalized spacial score (nSPS) is 22.3. The van der Waals surface area contributed by atoms with E-state index in [2.05, 4.69) is 19.2 Å². The fourth-order valence-corrected chi connectivity index (χ4v) is 2.77. The van der Waals surface area contributed by atoms with Crippen LogP contribution in [0.4, 0.5) is 0 Å². The van der Waals surface area contributed by atoms with Crippen LogP contribution in [0, 0.1) is 5.92 Å². The number of nitrogens with one attached hydrogen (secondary N) is 1. The number of hydrogen-bond acceptors (Lipinski definition) is 3. The van der Waals surface area contributed by atoms with E-state index < -0.39 is 0 Å². The zero-order chi connectivity index (χ0) is 12.0. The van der Waals surface area contributed by atoms with Gasteiger partial charge in [-0.2, -0.15) is 0 Å². The van der Waals surface area contributed by atoms with Crippen LogP contribution < -0.4 is 5.32 Å². The Hall–Kier alpha value is -0.120. The molecule has 2 unspecified atom stereocenters. The fourth-order valence-electron chi connectivity index (χ4n) is 2.77. The average Bonchev–Trinajstić information content (AvgIpc) is 2.31. The molecule has 16 heavy (non-hydrogen) atoms. The monoisotopic (exact) mass is 229 g/mol. The van der Waals surface area contributed by atoms with Gasteiger partial charge in [-0.05, 0) is 32.6 Å². The smallest absolute Gasteiger partial charge is 0.171 e. The second kappa shape index (κ2) is 7.25. The van der Waals surface area contributed by atoms with Crippen LogP contribution in [0.25, 0.3) is 0 Å². The maximum absolute atomic E-state index is 5.26. The summed E-state index contributed by atoms with van der Waals surface area (Å²) < 4.78 is 10.5. The lowest BCUT2D eigenvalue weighted by Crippen LogP contribution is -2.47. The molecule has 0 aromatic carbocycles. The predicted octanol–water partition coefficient (Wildman–Crippen LogP) is 2.55. The van der Waals surface area contributed by atoms with Gasteiger partial charge in [0.2, 0.25) is 0 Å². The highest BCUT2D eigenvalue weighted by Gasteiger charge is 2.24. The Balaban J connectivity index is 2.33. The van der Waals surface area contributed by atoms with Crippen LogP contribution in [0.3, 0.4) is 0 Å². The van der Waals surface area contributed by atoms with E-state index in [1.165, 1.54) is 32.1 Å². The summed E-state index contributed by atoms with van der Waals surface area (Å²) in [5.74, 6) is 0.825. The molecule has 1 fully saturated rings. The van der Waals surface area contributed by atoms with Gasteiger partial charge in [-0.25, -0.2) is 0 Å². The molecule has 96 valence electrons. The summed E-state index contributed by atoms with van der Waals surface area (Å²) in [7, 11) is 3.38. The van der Waals surface area contributed by atoms with Crippen LogP contribution >= 0.6 is 0 Å². The molecule has 0 amide bonds. The number of rotatable bonds is 6. The number of ether oxygens (including phenoxy) is 2. The lowest BCUT2D eigenvalue weighted by Gasteiger charge is -2.32. The second-order valence-electron chi connectivity index (χ2n) is 4.98. The van der Waals surface area contributed by atoms with Crippen molar-refractivity contribution in [3.63, 3.8) is 0 Å². The van der Waals surface area contributed by atoms with Crippen LogP contribution in [0.5, 0.6) is 0 Å². The Kier molecular flexibility index (Phi) is 6.32. The van der Waals surface area contributed by atoms with E-state index in [9.17, 15) is 0 Å². The van der Waals surface area contributed by atoms with Gasteiger partial charge in [-0.3, -0.25) is 0 Å². The van der Waals surface area contributed by atoms with E-state index in [4.69, 9.17) is 9.47 Å². The lowest BCUT2D eigenvalue weighted by atomic mass is 9.84. The van der Waals surface area contributed by atoms with E-state index >= 15 is 0 Å². The minimum atomic E-state index is -0.147. The Morgan fingerprint density at radius 3 is 2.06 bits per heavy atom. The molecule has 0 heterocycles. The van der Waals surface area contributed by atoms with Gasteiger partial charge in [0.05, 0.1) is 6.04 Å².